The van der Waals surface area contributed by atoms with Crippen molar-refractivity contribution in [3.63, 3.8) is 0 Å². The van der Waals surface area contributed by atoms with Gasteiger partial charge in [0.2, 0.25) is 0 Å². The first-order chi connectivity index (χ1) is 18.6. The Balaban J connectivity index is 1.21. The second-order valence-electron chi connectivity index (χ2n) is 14.1. The van der Waals surface area contributed by atoms with Gasteiger partial charge in [-0.15, -0.1) is 0 Å². The van der Waals surface area contributed by atoms with Gasteiger partial charge in [0.1, 0.15) is 11.5 Å². The first-order valence-corrected chi connectivity index (χ1v) is 15.5. The lowest BCUT2D eigenvalue weighted by atomic mass is 9.50. The largest absolute Gasteiger partial charge is 0.497 e. The topological polar surface area (TPSA) is 35.5 Å². The Morgan fingerprint density at radius 2 is 0.895 bits per heavy atom. The molecule has 8 aliphatic carbocycles. The number of carbonyl (C=O) groups excluding carboxylic acids is 1. The number of carbonyl (C=O) groups is 1. The molecule has 0 N–H and O–H groups in total. The molecule has 8 aliphatic rings. The van der Waals surface area contributed by atoms with Crippen LogP contribution >= 0.6 is 0 Å². The molecule has 0 aromatic heterocycles. The second-order valence-corrected chi connectivity index (χ2v) is 14.1. The van der Waals surface area contributed by atoms with E-state index < -0.39 is 0 Å². The van der Waals surface area contributed by atoms with Gasteiger partial charge >= 0.3 is 0 Å². The third kappa shape index (κ3) is 3.63. The molecule has 200 valence electrons. The molecule has 2 aromatic carbocycles. The first-order valence-electron chi connectivity index (χ1n) is 15.5. The van der Waals surface area contributed by atoms with E-state index in [-0.39, 0.29) is 5.78 Å². The molecule has 38 heavy (non-hydrogen) atoms. The summed E-state index contributed by atoms with van der Waals surface area (Å²) in [6, 6.07) is 12.7. The summed E-state index contributed by atoms with van der Waals surface area (Å²) in [5.74, 6) is 9.59. The standard InChI is InChI=1S/C35H42O3/c1-37-27-3-5-29(31(17-27)33-23-9-19-7-20(11-23)12-24(33)10-19)35(36)30-6-4-28(38-2)18-32(30)34-25-13-21-8-22(15-25)16-26(34)14-21/h3-6,17-26,33-34H,7-16H2,1-2H3. The van der Waals surface area contributed by atoms with Gasteiger partial charge in [-0.05, 0) is 171 Å². The van der Waals surface area contributed by atoms with Crippen molar-refractivity contribution in [1.29, 1.82) is 0 Å². The molecule has 2 aromatic rings. The van der Waals surface area contributed by atoms with E-state index >= 15 is 0 Å². The zero-order valence-corrected chi connectivity index (χ0v) is 23.0. The molecule has 10 rings (SSSR count). The van der Waals surface area contributed by atoms with E-state index in [0.717, 1.165) is 70.0 Å². The number of rotatable bonds is 6. The van der Waals surface area contributed by atoms with Crippen molar-refractivity contribution in [2.24, 2.45) is 47.3 Å². The fourth-order valence-electron chi connectivity index (χ4n) is 11.3. The summed E-state index contributed by atoms with van der Waals surface area (Å²) in [5.41, 5.74) is 4.40. The molecule has 0 heterocycles. The smallest absolute Gasteiger partial charge is 0.193 e. The maximum Gasteiger partial charge on any atom is 0.193 e. The van der Waals surface area contributed by atoms with Crippen molar-refractivity contribution in [1.82, 2.24) is 0 Å². The first kappa shape index (κ1) is 23.6. The molecule has 0 saturated heterocycles. The summed E-state index contributed by atoms with van der Waals surface area (Å²) >= 11 is 0. The molecule has 0 amide bonds. The molecular weight excluding hydrogens is 468 g/mol. The van der Waals surface area contributed by atoms with Crippen LogP contribution < -0.4 is 9.47 Å². The number of benzene rings is 2. The van der Waals surface area contributed by atoms with Crippen LogP contribution in [-0.2, 0) is 0 Å². The molecule has 8 bridgehead atoms. The normalized spacial score (nSPS) is 39.9. The second kappa shape index (κ2) is 8.86. The van der Waals surface area contributed by atoms with Gasteiger partial charge < -0.3 is 9.47 Å². The van der Waals surface area contributed by atoms with E-state index in [1.807, 2.05) is 12.1 Å². The summed E-state index contributed by atoms with van der Waals surface area (Å²) in [7, 11) is 3.51. The predicted octanol–water partition coefficient (Wildman–Crippen LogP) is 8.01. The highest BCUT2D eigenvalue weighted by Crippen LogP contribution is 2.62. The molecule has 8 fully saturated rings. The lowest BCUT2D eigenvalue weighted by Gasteiger charge is -2.55. The van der Waals surface area contributed by atoms with Crippen LogP contribution in [0.2, 0.25) is 0 Å². The van der Waals surface area contributed by atoms with Crippen LogP contribution in [0.25, 0.3) is 0 Å². The highest BCUT2D eigenvalue weighted by molar-refractivity contribution is 6.11. The molecule has 0 aliphatic heterocycles. The Bertz CT molecular complexity index is 1110. The number of ketones is 1. The minimum absolute atomic E-state index is 0.225. The summed E-state index contributed by atoms with van der Waals surface area (Å²) in [5, 5.41) is 0. The number of ether oxygens (including phenoxy) is 2. The molecule has 0 atom stereocenters. The molecule has 0 radical (unpaired) electrons. The van der Waals surface area contributed by atoms with E-state index in [0.29, 0.717) is 11.8 Å². The third-order valence-electron chi connectivity index (χ3n) is 12.2. The van der Waals surface area contributed by atoms with Crippen molar-refractivity contribution in [2.75, 3.05) is 14.2 Å². The van der Waals surface area contributed by atoms with Crippen LogP contribution in [0, 0.1) is 47.3 Å². The van der Waals surface area contributed by atoms with Crippen LogP contribution in [-0.4, -0.2) is 20.0 Å². The van der Waals surface area contributed by atoms with Gasteiger partial charge in [-0.3, -0.25) is 4.79 Å². The van der Waals surface area contributed by atoms with E-state index in [1.54, 1.807) is 14.2 Å². The van der Waals surface area contributed by atoms with Crippen LogP contribution in [0.4, 0.5) is 0 Å². The van der Waals surface area contributed by atoms with Crippen molar-refractivity contribution < 1.29 is 14.3 Å². The van der Waals surface area contributed by atoms with Gasteiger partial charge in [0.15, 0.2) is 5.78 Å². The van der Waals surface area contributed by atoms with Gasteiger partial charge in [0.25, 0.3) is 0 Å². The number of methoxy groups -OCH3 is 2. The minimum Gasteiger partial charge on any atom is -0.497 e. The Morgan fingerprint density at radius 3 is 1.21 bits per heavy atom. The zero-order valence-electron chi connectivity index (χ0n) is 23.0. The van der Waals surface area contributed by atoms with Crippen LogP contribution in [0.3, 0.4) is 0 Å². The quantitative estimate of drug-likeness (QED) is 0.369. The van der Waals surface area contributed by atoms with Gasteiger partial charge in [0, 0.05) is 11.1 Å². The Morgan fingerprint density at radius 1 is 0.553 bits per heavy atom. The summed E-state index contributed by atoms with van der Waals surface area (Å²) < 4.78 is 11.4. The Kier molecular flexibility index (Phi) is 5.50. The molecule has 3 heteroatoms. The van der Waals surface area contributed by atoms with Gasteiger partial charge in [-0.1, -0.05) is 0 Å². The van der Waals surface area contributed by atoms with E-state index in [9.17, 15) is 4.79 Å². The van der Waals surface area contributed by atoms with Crippen LogP contribution in [0.5, 0.6) is 11.5 Å². The average molecular weight is 511 g/mol. The monoisotopic (exact) mass is 510 g/mol. The van der Waals surface area contributed by atoms with Crippen molar-refractivity contribution in [2.45, 2.75) is 76.0 Å². The Labute approximate surface area is 227 Å². The lowest BCUT2D eigenvalue weighted by Crippen LogP contribution is -2.44. The van der Waals surface area contributed by atoms with Gasteiger partial charge in [-0.25, -0.2) is 0 Å². The van der Waals surface area contributed by atoms with Gasteiger partial charge in [-0.2, -0.15) is 0 Å². The maximum absolute atomic E-state index is 14.7. The molecule has 3 nitrogen and oxygen atoms in total. The molecule has 8 saturated carbocycles. The SMILES string of the molecule is COc1ccc(C(=O)c2ccc(OC)cc2C2C3CC4CC(C3)CC2C4)c(C2C3CC4CC(C3)CC2C4)c1. The van der Waals surface area contributed by atoms with Crippen molar-refractivity contribution >= 4 is 5.78 Å². The zero-order chi connectivity index (χ0) is 25.5. The summed E-state index contributed by atoms with van der Waals surface area (Å²) in [6.07, 6.45) is 13.7. The third-order valence-corrected chi connectivity index (χ3v) is 12.2. The Hall–Kier alpha value is -2.29. The highest BCUT2D eigenvalue weighted by Gasteiger charge is 2.51. The number of hydrogen-bond donors (Lipinski definition) is 0. The fourth-order valence-corrected chi connectivity index (χ4v) is 11.3. The summed E-state index contributed by atoms with van der Waals surface area (Å²) in [6.45, 7) is 0. The van der Waals surface area contributed by atoms with E-state index in [4.69, 9.17) is 9.47 Å². The van der Waals surface area contributed by atoms with Crippen molar-refractivity contribution in [3.8, 4) is 11.5 Å². The lowest BCUT2D eigenvalue weighted by molar-refractivity contribution is -0.00323. The van der Waals surface area contributed by atoms with Crippen LogP contribution in [0.1, 0.15) is 103 Å². The summed E-state index contributed by atoms with van der Waals surface area (Å²) in [4.78, 5) is 14.7. The van der Waals surface area contributed by atoms with Crippen molar-refractivity contribution in [3.05, 3.63) is 58.7 Å². The van der Waals surface area contributed by atoms with Crippen LogP contribution in [0.15, 0.2) is 36.4 Å². The maximum atomic E-state index is 14.7. The minimum atomic E-state index is 0.225. The highest BCUT2D eigenvalue weighted by atomic mass is 16.5. The van der Waals surface area contributed by atoms with E-state index in [1.165, 1.54) is 75.3 Å². The molecule has 0 unspecified atom stereocenters. The van der Waals surface area contributed by atoms with Gasteiger partial charge in [0.05, 0.1) is 14.2 Å². The fraction of sp³-hybridized carbons (Fsp3) is 0.629. The predicted molar refractivity (Wildman–Crippen MR) is 149 cm³/mol. The number of hydrogen-bond acceptors (Lipinski definition) is 3. The average Bonchev–Trinajstić information content (AvgIpc) is 2.91. The van der Waals surface area contributed by atoms with E-state index in [2.05, 4.69) is 24.3 Å². The molecular formula is C35H42O3. The molecule has 0 spiro atoms.